The molecule has 1 saturated heterocycles. The van der Waals surface area contributed by atoms with Gasteiger partial charge < -0.3 is 19.8 Å². The third kappa shape index (κ3) is 4.79. The van der Waals surface area contributed by atoms with Gasteiger partial charge in [0.1, 0.15) is 11.9 Å². The van der Waals surface area contributed by atoms with Crippen LogP contribution in [0.5, 0.6) is 5.88 Å². The van der Waals surface area contributed by atoms with Crippen LogP contribution in [0, 0.1) is 11.2 Å². The van der Waals surface area contributed by atoms with Crippen LogP contribution in [0.15, 0.2) is 36.4 Å². The van der Waals surface area contributed by atoms with Crippen molar-refractivity contribution in [2.24, 2.45) is 0 Å². The summed E-state index contributed by atoms with van der Waals surface area (Å²) in [5, 5.41) is 8.77. The Hall–Kier alpha value is -2.40. The normalized spacial score (nSPS) is 13.8. The highest BCUT2D eigenvalue weighted by Crippen LogP contribution is 2.42. The Bertz CT molecular complexity index is 1210. The molecule has 2 heterocycles. The molecule has 0 atom stereocenters. The number of amides is 1. The lowest BCUT2D eigenvalue weighted by molar-refractivity contribution is -0.137. The summed E-state index contributed by atoms with van der Waals surface area (Å²) in [6.45, 7) is 6.77. The molecule has 3 aromatic rings. The number of hydrogen-bond donors (Lipinski definition) is 2. The average molecular weight is 578 g/mol. The van der Waals surface area contributed by atoms with Gasteiger partial charge in [-0.05, 0) is 41.3 Å². The zero-order valence-corrected chi connectivity index (χ0v) is 21.5. The number of pyridine rings is 1. The lowest BCUT2D eigenvalue weighted by Crippen LogP contribution is -2.55. The van der Waals surface area contributed by atoms with E-state index in [4.69, 9.17) is 15.1 Å². The van der Waals surface area contributed by atoms with Gasteiger partial charge in [-0.2, -0.15) is 0 Å². The van der Waals surface area contributed by atoms with E-state index >= 15 is 0 Å². The highest BCUT2D eigenvalue weighted by Gasteiger charge is 2.32. The average Bonchev–Trinajstić information content (AvgIpc) is 2.75. The molecule has 2 aromatic carbocycles. The number of ether oxygens (including phenoxy) is 1. The van der Waals surface area contributed by atoms with Crippen molar-refractivity contribution in [1.29, 1.82) is 5.41 Å². The number of anilines is 1. The first-order chi connectivity index (χ1) is 15.8. The fourth-order valence-electron chi connectivity index (χ4n) is 4.05. The van der Waals surface area contributed by atoms with Crippen molar-refractivity contribution in [1.82, 2.24) is 9.88 Å². The molecule has 6 nitrogen and oxygen atoms in total. The van der Waals surface area contributed by atoms with Gasteiger partial charge in [0, 0.05) is 60.0 Å². The Morgan fingerprint density at radius 2 is 2.03 bits per heavy atom. The highest BCUT2D eigenvalue weighted by molar-refractivity contribution is 14.2. The van der Waals surface area contributed by atoms with Gasteiger partial charge >= 0.3 is 0 Å². The fourth-order valence-corrected chi connectivity index (χ4v) is 5.02. The van der Waals surface area contributed by atoms with Crippen molar-refractivity contribution < 1.29 is 13.9 Å². The summed E-state index contributed by atoms with van der Waals surface area (Å²) < 4.78 is 23.3. The number of carbonyl (C=O) groups excluding carboxylic acids is 1. The van der Waals surface area contributed by atoms with Crippen LogP contribution >= 0.6 is 30.3 Å². The first kappa shape index (κ1) is 23.7. The molecule has 0 radical (unpaired) electrons. The number of fused-ring (bicyclic) bond motifs is 1. The third-order valence-electron chi connectivity index (χ3n) is 5.74. The van der Waals surface area contributed by atoms with Crippen LogP contribution in [0.3, 0.4) is 0 Å². The molecule has 9 heteroatoms. The van der Waals surface area contributed by atoms with Gasteiger partial charge in [0.05, 0.1) is 24.3 Å². The predicted octanol–water partition coefficient (Wildman–Crippen LogP) is 6.18. The van der Waals surface area contributed by atoms with Crippen LogP contribution in [0.1, 0.15) is 37.8 Å². The third-order valence-corrected chi connectivity index (χ3v) is 6.70. The molecule has 0 bridgehead atoms. The monoisotopic (exact) mass is 578 g/mol. The Kier molecular flexibility index (Phi) is 7.08. The lowest BCUT2D eigenvalue weighted by Gasteiger charge is -2.38. The molecule has 172 valence electrons. The maximum absolute atomic E-state index is 13.7. The first-order valence-corrected chi connectivity index (χ1v) is 13.9. The van der Waals surface area contributed by atoms with Crippen molar-refractivity contribution >= 4 is 59.0 Å². The summed E-state index contributed by atoms with van der Waals surface area (Å²) in [6.07, 6.45) is 1.19. The molecule has 1 amide bonds. The Labute approximate surface area is 208 Å². The summed E-state index contributed by atoms with van der Waals surface area (Å²) in [6, 6.07) is 10.3. The minimum Gasteiger partial charge on any atom is -0.470 e. The lowest BCUT2D eigenvalue weighted by atomic mass is 9.89. The number of benzene rings is 2. The van der Waals surface area contributed by atoms with E-state index in [9.17, 15) is 9.18 Å². The second-order valence-electron chi connectivity index (χ2n) is 8.31. The van der Waals surface area contributed by atoms with Crippen LogP contribution in [-0.4, -0.2) is 41.2 Å². The van der Waals surface area contributed by atoms with E-state index in [0.717, 1.165) is 38.8 Å². The molecule has 0 aliphatic carbocycles. The number of nitrogens with one attached hydrogen (secondary N) is 2. The van der Waals surface area contributed by atoms with E-state index in [1.807, 2.05) is 12.1 Å². The van der Waals surface area contributed by atoms with Crippen molar-refractivity contribution in [3.05, 3.63) is 53.3 Å². The van der Waals surface area contributed by atoms with Crippen LogP contribution in [0.25, 0.3) is 22.0 Å². The number of likely N-dealkylation sites (tertiary alicyclic amines) is 1. The number of nitrogens with zero attached hydrogens (tertiary/aromatic N) is 2. The molecule has 33 heavy (non-hydrogen) atoms. The standard InChI is InChI=1S/C24H24FIN4O2S/c1-13(2)22-23(15-4-6-17(25)7-5-15)19-8-16(10-27)20(29-33-26)9-21(19)28-24(22)32-18-11-30(12-18)14(3)31/h4-10,13,18,27,29H,11-12H2,1-3H3. The molecule has 2 N–H and O–H groups in total. The number of hydrogen-bond acceptors (Lipinski definition) is 6. The molecule has 0 unspecified atom stereocenters. The molecule has 0 saturated carbocycles. The molecule has 1 aliphatic rings. The minimum absolute atomic E-state index is 0.0311. The Balaban J connectivity index is 1.94. The van der Waals surface area contributed by atoms with Crippen molar-refractivity contribution in [3.8, 4) is 17.0 Å². The second-order valence-corrected chi connectivity index (χ2v) is 9.99. The molecular formula is C24H24FIN4O2S. The maximum Gasteiger partial charge on any atom is 0.219 e. The maximum atomic E-state index is 13.7. The zero-order valence-electron chi connectivity index (χ0n) is 18.5. The van der Waals surface area contributed by atoms with E-state index in [0.29, 0.717) is 19.0 Å². The first-order valence-electron chi connectivity index (χ1n) is 10.6. The Morgan fingerprint density at radius 1 is 1.33 bits per heavy atom. The highest BCUT2D eigenvalue weighted by atomic mass is 127. The minimum atomic E-state index is -0.302. The van der Waals surface area contributed by atoms with E-state index in [-0.39, 0.29) is 23.7 Å². The quantitative estimate of drug-likeness (QED) is 0.199. The fraction of sp³-hybridized carbons (Fsp3) is 0.292. The largest absolute Gasteiger partial charge is 0.470 e. The van der Waals surface area contributed by atoms with Gasteiger partial charge in [-0.15, -0.1) is 0 Å². The Morgan fingerprint density at radius 3 is 2.61 bits per heavy atom. The van der Waals surface area contributed by atoms with E-state index in [2.05, 4.69) is 39.8 Å². The molecule has 0 spiro atoms. The van der Waals surface area contributed by atoms with Crippen LogP contribution in [-0.2, 0) is 4.79 Å². The van der Waals surface area contributed by atoms with E-state index in [1.165, 1.54) is 27.5 Å². The van der Waals surface area contributed by atoms with Gasteiger partial charge in [0.15, 0.2) is 0 Å². The summed E-state index contributed by atoms with van der Waals surface area (Å²) in [5.41, 5.74) is 4.94. The van der Waals surface area contributed by atoms with Crippen LogP contribution < -0.4 is 9.46 Å². The van der Waals surface area contributed by atoms with Crippen molar-refractivity contribution in [3.63, 3.8) is 0 Å². The molecular weight excluding hydrogens is 554 g/mol. The summed E-state index contributed by atoms with van der Waals surface area (Å²) >= 11 is 2.14. The topological polar surface area (TPSA) is 78.3 Å². The SMILES string of the molecule is CC(=O)N1CC(Oc2nc3cc(NSI)c(C=N)cc3c(-c3ccc(F)cc3)c2C(C)C)C1. The molecule has 4 rings (SSSR count). The van der Waals surface area contributed by atoms with E-state index < -0.39 is 0 Å². The molecule has 1 aromatic heterocycles. The van der Waals surface area contributed by atoms with Gasteiger partial charge in [-0.3, -0.25) is 4.79 Å². The summed E-state index contributed by atoms with van der Waals surface area (Å²) in [7, 11) is 1.41. The van der Waals surface area contributed by atoms with Gasteiger partial charge in [0.2, 0.25) is 11.8 Å². The van der Waals surface area contributed by atoms with Crippen LogP contribution in [0.4, 0.5) is 10.1 Å². The smallest absolute Gasteiger partial charge is 0.219 e. The number of rotatable bonds is 7. The van der Waals surface area contributed by atoms with Gasteiger partial charge in [0.25, 0.3) is 0 Å². The summed E-state index contributed by atoms with van der Waals surface area (Å²) in [5.74, 6) is 0.334. The van der Waals surface area contributed by atoms with Gasteiger partial charge in [-0.1, -0.05) is 26.0 Å². The zero-order chi connectivity index (χ0) is 23.7. The number of halogens is 2. The van der Waals surface area contributed by atoms with Crippen molar-refractivity contribution in [2.45, 2.75) is 32.8 Å². The summed E-state index contributed by atoms with van der Waals surface area (Å²) in [4.78, 5) is 18.2. The van der Waals surface area contributed by atoms with Crippen LogP contribution in [0.2, 0.25) is 0 Å². The van der Waals surface area contributed by atoms with Crippen molar-refractivity contribution in [2.75, 3.05) is 17.8 Å². The van der Waals surface area contributed by atoms with Gasteiger partial charge in [-0.25, -0.2) is 9.37 Å². The number of carbonyl (C=O) groups is 1. The number of aromatic nitrogens is 1. The second kappa shape index (κ2) is 9.84. The van der Waals surface area contributed by atoms with E-state index in [1.54, 1.807) is 24.0 Å². The predicted molar refractivity (Wildman–Crippen MR) is 141 cm³/mol. The molecule has 1 fully saturated rings. The molecule has 1 aliphatic heterocycles.